The zero-order valence-corrected chi connectivity index (χ0v) is 18.8. The van der Waals surface area contributed by atoms with Crippen molar-refractivity contribution in [2.75, 3.05) is 19.6 Å². The van der Waals surface area contributed by atoms with Gasteiger partial charge in [-0.1, -0.05) is 11.6 Å². The van der Waals surface area contributed by atoms with Gasteiger partial charge in [-0.15, -0.1) is 0 Å². The van der Waals surface area contributed by atoms with Crippen LogP contribution in [0.4, 0.5) is 0 Å². The molecule has 8 heteroatoms. The number of hydrogen-bond acceptors (Lipinski definition) is 5. The maximum atomic E-state index is 12.5. The van der Waals surface area contributed by atoms with E-state index in [4.69, 9.17) is 16.3 Å². The van der Waals surface area contributed by atoms with Crippen LogP contribution in [0.15, 0.2) is 53.8 Å². The highest BCUT2D eigenvalue weighted by Crippen LogP contribution is 2.31. The van der Waals surface area contributed by atoms with Gasteiger partial charge in [0.1, 0.15) is 17.4 Å². The van der Waals surface area contributed by atoms with E-state index >= 15 is 0 Å². The summed E-state index contributed by atoms with van der Waals surface area (Å²) in [7, 11) is 1.73. The molecule has 4 aromatic rings. The van der Waals surface area contributed by atoms with Gasteiger partial charge in [0.15, 0.2) is 0 Å². The van der Waals surface area contributed by atoms with E-state index in [0.717, 1.165) is 67.5 Å². The first kappa shape index (κ1) is 21.0. The average Bonchev–Trinajstić information content (AvgIpc) is 3.22. The molecule has 166 valence electrons. The van der Waals surface area contributed by atoms with Crippen LogP contribution < -0.4 is 10.3 Å². The van der Waals surface area contributed by atoms with E-state index in [-0.39, 0.29) is 11.7 Å². The Hall–Kier alpha value is -2.90. The standard InChI is InChI=1S/C24H26ClN5O2/c1-28-12-8-19-22(4-3-20(25)23(19)24(28)31)32-18-6-13-29(14-7-18)10-2-11-30-16-17-5-9-26-15-21(17)27-30/h3-5,8-9,12,15-16,18H,2,6-7,10-11,13-14H2,1H3. The number of hydrogen-bond donors (Lipinski definition) is 0. The molecule has 1 saturated heterocycles. The third-order valence-corrected chi connectivity index (χ3v) is 6.52. The van der Waals surface area contributed by atoms with Crippen LogP contribution in [0.1, 0.15) is 19.3 Å². The van der Waals surface area contributed by atoms with Crippen molar-refractivity contribution in [2.45, 2.75) is 31.9 Å². The molecule has 4 heterocycles. The third kappa shape index (κ3) is 4.23. The minimum atomic E-state index is -0.103. The Bertz CT molecular complexity index is 1270. The minimum absolute atomic E-state index is 0.103. The molecule has 0 unspecified atom stereocenters. The Morgan fingerprint density at radius 1 is 1.16 bits per heavy atom. The summed E-state index contributed by atoms with van der Waals surface area (Å²) in [5.74, 6) is 0.737. The lowest BCUT2D eigenvalue weighted by atomic mass is 10.1. The van der Waals surface area contributed by atoms with Crippen LogP contribution in [0, 0.1) is 0 Å². The Labute approximate surface area is 191 Å². The topological polar surface area (TPSA) is 65.2 Å². The molecule has 0 spiro atoms. The van der Waals surface area contributed by atoms with Gasteiger partial charge in [0.2, 0.25) is 0 Å². The number of piperidine rings is 1. The van der Waals surface area contributed by atoms with E-state index < -0.39 is 0 Å². The van der Waals surface area contributed by atoms with Crippen molar-refractivity contribution < 1.29 is 4.74 Å². The lowest BCUT2D eigenvalue weighted by Gasteiger charge is -2.32. The fourth-order valence-corrected chi connectivity index (χ4v) is 4.65. The quantitative estimate of drug-likeness (QED) is 0.445. The predicted molar refractivity (Wildman–Crippen MR) is 126 cm³/mol. The fraction of sp³-hybridized carbons (Fsp3) is 0.375. The largest absolute Gasteiger partial charge is 0.490 e. The number of pyridine rings is 2. The summed E-state index contributed by atoms with van der Waals surface area (Å²) in [6, 6.07) is 7.53. The molecular weight excluding hydrogens is 426 g/mol. The molecule has 0 aliphatic carbocycles. The Balaban J connectivity index is 1.15. The number of nitrogens with zero attached hydrogens (tertiary/aromatic N) is 5. The van der Waals surface area contributed by atoms with Gasteiger partial charge in [-0.2, -0.15) is 5.10 Å². The van der Waals surface area contributed by atoms with Crippen LogP contribution in [-0.2, 0) is 13.6 Å². The summed E-state index contributed by atoms with van der Waals surface area (Å²) in [5, 5.41) is 7.48. The van der Waals surface area contributed by atoms with E-state index in [1.807, 2.05) is 22.9 Å². The van der Waals surface area contributed by atoms with Gasteiger partial charge in [0, 0.05) is 56.0 Å². The SMILES string of the molecule is Cn1ccc2c(OC3CCN(CCCn4cc5ccncc5n4)CC3)ccc(Cl)c2c1=O. The number of likely N-dealkylation sites (tertiary alicyclic amines) is 1. The third-order valence-electron chi connectivity index (χ3n) is 6.20. The van der Waals surface area contributed by atoms with Gasteiger partial charge in [-0.3, -0.25) is 14.5 Å². The van der Waals surface area contributed by atoms with E-state index in [1.165, 1.54) is 0 Å². The number of ether oxygens (including phenoxy) is 1. The Kier molecular flexibility index (Phi) is 5.85. The van der Waals surface area contributed by atoms with Crippen molar-refractivity contribution in [2.24, 2.45) is 7.05 Å². The predicted octanol–water partition coefficient (Wildman–Crippen LogP) is 3.87. The molecule has 0 N–H and O–H groups in total. The van der Waals surface area contributed by atoms with E-state index in [0.29, 0.717) is 10.4 Å². The summed E-state index contributed by atoms with van der Waals surface area (Å²) in [6.07, 6.45) is 10.6. The number of benzene rings is 1. The van der Waals surface area contributed by atoms with Gasteiger partial charge in [-0.25, -0.2) is 0 Å². The second kappa shape index (κ2) is 8.92. The molecule has 0 atom stereocenters. The minimum Gasteiger partial charge on any atom is -0.490 e. The van der Waals surface area contributed by atoms with Crippen molar-refractivity contribution in [3.05, 3.63) is 64.4 Å². The van der Waals surface area contributed by atoms with Gasteiger partial charge in [0.05, 0.1) is 16.6 Å². The molecule has 3 aromatic heterocycles. The highest BCUT2D eigenvalue weighted by atomic mass is 35.5. The summed E-state index contributed by atoms with van der Waals surface area (Å²) in [6.45, 7) is 3.95. The molecule has 0 radical (unpaired) electrons. The molecule has 32 heavy (non-hydrogen) atoms. The van der Waals surface area contributed by atoms with E-state index in [2.05, 4.69) is 21.2 Å². The number of rotatable bonds is 6. The summed E-state index contributed by atoms with van der Waals surface area (Å²) in [5.41, 5.74) is 0.840. The molecule has 0 saturated carbocycles. The second-order valence-electron chi connectivity index (χ2n) is 8.41. The Morgan fingerprint density at radius 3 is 2.81 bits per heavy atom. The van der Waals surface area contributed by atoms with Crippen LogP contribution in [0.3, 0.4) is 0 Å². The smallest absolute Gasteiger partial charge is 0.259 e. The highest BCUT2D eigenvalue weighted by Gasteiger charge is 2.21. The molecule has 0 amide bonds. The molecule has 1 aromatic carbocycles. The van der Waals surface area contributed by atoms with Crippen molar-refractivity contribution in [1.29, 1.82) is 0 Å². The molecule has 0 bridgehead atoms. The average molecular weight is 452 g/mol. The van der Waals surface area contributed by atoms with Gasteiger partial charge < -0.3 is 14.2 Å². The molecule has 7 nitrogen and oxygen atoms in total. The summed E-state index contributed by atoms with van der Waals surface area (Å²) < 4.78 is 9.87. The summed E-state index contributed by atoms with van der Waals surface area (Å²) in [4.78, 5) is 19.1. The van der Waals surface area contributed by atoms with E-state index in [9.17, 15) is 4.79 Å². The van der Waals surface area contributed by atoms with Crippen LogP contribution in [0.25, 0.3) is 21.7 Å². The zero-order valence-electron chi connectivity index (χ0n) is 18.1. The summed E-state index contributed by atoms with van der Waals surface area (Å²) >= 11 is 6.30. The van der Waals surface area contributed by atoms with Crippen LogP contribution in [0.5, 0.6) is 5.75 Å². The normalized spacial score (nSPS) is 15.6. The second-order valence-corrected chi connectivity index (χ2v) is 8.81. The fourth-order valence-electron chi connectivity index (χ4n) is 4.41. The monoisotopic (exact) mass is 451 g/mol. The van der Waals surface area contributed by atoms with Gasteiger partial charge >= 0.3 is 0 Å². The number of fused-ring (bicyclic) bond motifs is 2. The van der Waals surface area contributed by atoms with Crippen LogP contribution >= 0.6 is 11.6 Å². The molecule has 1 fully saturated rings. The van der Waals surface area contributed by atoms with Gasteiger partial charge in [-0.05, 0) is 50.1 Å². The first-order valence-electron chi connectivity index (χ1n) is 11.0. The molecular formula is C24H26ClN5O2. The molecule has 5 rings (SSSR count). The lowest BCUT2D eigenvalue weighted by molar-refractivity contribution is 0.100. The number of aromatic nitrogens is 4. The van der Waals surface area contributed by atoms with Gasteiger partial charge in [0.25, 0.3) is 5.56 Å². The van der Waals surface area contributed by atoms with Crippen LogP contribution in [-0.4, -0.2) is 50.0 Å². The lowest BCUT2D eigenvalue weighted by Crippen LogP contribution is -2.39. The van der Waals surface area contributed by atoms with Crippen molar-refractivity contribution in [3.63, 3.8) is 0 Å². The molecule has 1 aliphatic heterocycles. The Morgan fingerprint density at radius 2 is 2.00 bits per heavy atom. The number of halogens is 1. The maximum absolute atomic E-state index is 12.5. The number of aryl methyl sites for hydroxylation is 2. The first-order chi connectivity index (χ1) is 15.6. The van der Waals surface area contributed by atoms with Crippen molar-refractivity contribution in [3.8, 4) is 5.75 Å². The molecule has 1 aliphatic rings. The van der Waals surface area contributed by atoms with E-state index in [1.54, 1.807) is 36.3 Å². The van der Waals surface area contributed by atoms with Crippen LogP contribution in [0.2, 0.25) is 5.02 Å². The van der Waals surface area contributed by atoms with Crippen molar-refractivity contribution >= 4 is 33.3 Å². The first-order valence-corrected chi connectivity index (χ1v) is 11.4. The highest BCUT2D eigenvalue weighted by molar-refractivity contribution is 6.35. The zero-order chi connectivity index (χ0) is 22.1. The van der Waals surface area contributed by atoms with Crippen molar-refractivity contribution in [1.82, 2.24) is 24.2 Å². The maximum Gasteiger partial charge on any atom is 0.259 e.